The monoisotopic (exact) mass is 386 g/mol. The quantitative estimate of drug-likeness (QED) is 0.682. The summed E-state index contributed by atoms with van der Waals surface area (Å²) in [6.45, 7) is 8.62. The molecule has 1 aromatic rings. The Morgan fingerprint density at radius 3 is 2.32 bits per heavy atom. The van der Waals surface area contributed by atoms with Gasteiger partial charge in [-0.2, -0.15) is 0 Å². The maximum atomic E-state index is 10.6. The minimum absolute atomic E-state index is 0.0432. The molecule has 5 nitrogen and oxygen atoms in total. The number of phenols is 1. The van der Waals surface area contributed by atoms with Crippen molar-refractivity contribution in [2.45, 2.75) is 52.7 Å². The number of aliphatic hydroxyl groups is 2. The van der Waals surface area contributed by atoms with Crippen molar-refractivity contribution < 1.29 is 36.4 Å². The summed E-state index contributed by atoms with van der Waals surface area (Å²) in [5.74, 6) is 0.656. The number of aliphatic imine (C=N–C) groups is 1. The summed E-state index contributed by atoms with van der Waals surface area (Å²) in [6.07, 6.45) is 3.53. The van der Waals surface area contributed by atoms with Gasteiger partial charge in [-0.1, -0.05) is 32.9 Å². The Morgan fingerprint density at radius 2 is 1.84 bits per heavy atom. The topological polar surface area (TPSA) is 90.1 Å². The van der Waals surface area contributed by atoms with E-state index in [0.29, 0.717) is 11.5 Å². The Bertz CT molecular complexity index is 593. The molecule has 0 aromatic heterocycles. The van der Waals surface area contributed by atoms with E-state index >= 15 is 0 Å². The van der Waals surface area contributed by atoms with E-state index < -0.39 is 6.10 Å². The van der Waals surface area contributed by atoms with Crippen molar-refractivity contribution in [3.63, 3.8) is 0 Å². The summed E-state index contributed by atoms with van der Waals surface area (Å²) in [7, 11) is 0. The summed E-state index contributed by atoms with van der Waals surface area (Å²) in [5.41, 5.74) is 0.788. The first-order chi connectivity index (χ1) is 11.8. The van der Waals surface area contributed by atoms with Gasteiger partial charge in [0.1, 0.15) is 5.75 Å². The second-order valence-electron chi connectivity index (χ2n) is 7.37. The number of para-hydroxylation sites is 1. The number of hydrogen-bond donors (Lipinski definition) is 3. The van der Waals surface area contributed by atoms with Crippen LogP contribution in [0.15, 0.2) is 29.3 Å². The number of nitrogens with zero attached hydrogens (tertiary/aromatic N) is 1. The molecule has 0 spiro atoms. The van der Waals surface area contributed by atoms with E-state index in [0.717, 1.165) is 30.2 Å². The molecule has 4 atom stereocenters. The standard InChI is InChI=1S/C17H23NO2.C2H6O.O.V/c1-16(2)12-8-9-17(16,3)15(20)14(12)18-10-11-6-4-5-7-13(11)19;1-2-3;;/h4-7,10,12,14-15,19-20H,8-9H2,1-3H3;3H,2H2,1H3;;/t12-,14+,15+,17+;;;/m0.../s1. The van der Waals surface area contributed by atoms with Gasteiger partial charge in [0.05, 0.1) is 12.1 Å². The van der Waals surface area contributed by atoms with Crippen LogP contribution in [0.3, 0.4) is 0 Å². The third-order valence-electron chi connectivity index (χ3n) is 6.08. The fourth-order valence-corrected chi connectivity index (χ4v) is 4.23. The van der Waals surface area contributed by atoms with Gasteiger partial charge in [-0.3, -0.25) is 4.99 Å². The number of hydrogen-bond acceptors (Lipinski definition) is 5. The Labute approximate surface area is 159 Å². The Hall–Kier alpha value is -1.01. The average Bonchev–Trinajstić information content (AvgIpc) is 2.90. The number of fused-ring (bicyclic) bond motifs is 2. The first-order valence-electron chi connectivity index (χ1n) is 8.58. The minimum atomic E-state index is -0.390. The van der Waals surface area contributed by atoms with Crippen LogP contribution in [0, 0.1) is 16.7 Å². The van der Waals surface area contributed by atoms with Gasteiger partial charge in [0.25, 0.3) is 0 Å². The number of aromatic hydroxyl groups is 1. The Balaban J connectivity index is 0.000000567. The molecule has 0 saturated heterocycles. The number of phenolic OH excluding ortho intramolecular Hbond substituents is 1. The molecule has 3 N–H and O–H groups in total. The molecule has 2 aliphatic carbocycles. The first-order valence-corrected chi connectivity index (χ1v) is 9.15. The van der Waals surface area contributed by atoms with Crippen LogP contribution in [-0.2, 0) is 21.0 Å². The summed E-state index contributed by atoms with van der Waals surface area (Å²) in [5, 5.41) is 28.0. The molecule has 3 rings (SSSR count). The van der Waals surface area contributed by atoms with E-state index in [9.17, 15) is 10.2 Å². The van der Waals surface area contributed by atoms with Gasteiger partial charge in [0.2, 0.25) is 0 Å². The van der Waals surface area contributed by atoms with Gasteiger partial charge >= 0.3 is 21.0 Å². The summed E-state index contributed by atoms with van der Waals surface area (Å²) in [6, 6.07) is 7.12. The van der Waals surface area contributed by atoms with Crippen LogP contribution in [0.25, 0.3) is 0 Å². The molecule has 0 aliphatic heterocycles. The van der Waals surface area contributed by atoms with E-state index in [1.165, 1.54) is 0 Å². The van der Waals surface area contributed by atoms with Crippen molar-refractivity contribution in [1.29, 1.82) is 0 Å². The number of aliphatic hydroxyl groups excluding tert-OH is 2. The second kappa shape index (κ2) is 9.08. The molecular weight excluding hydrogens is 357 g/mol. The summed E-state index contributed by atoms with van der Waals surface area (Å²) < 4.78 is 8.19. The maximum absolute atomic E-state index is 10.6. The van der Waals surface area contributed by atoms with Crippen LogP contribution in [0.5, 0.6) is 5.75 Å². The fraction of sp³-hybridized carbons (Fsp3) is 0.632. The molecule has 1 aromatic carbocycles. The average molecular weight is 386 g/mol. The SMILES string of the molecule is CC1(C)[C@H]2CC[C@]1(C)[C@H](O)[C@@H]2N=Cc1ccccc1O.CCO.[O]=[V]. The van der Waals surface area contributed by atoms with Gasteiger partial charge in [-0.15, -0.1) is 0 Å². The molecule has 25 heavy (non-hydrogen) atoms. The van der Waals surface area contributed by atoms with Crippen LogP contribution in [0.2, 0.25) is 0 Å². The van der Waals surface area contributed by atoms with E-state index in [1.54, 1.807) is 25.3 Å². The zero-order chi connectivity index (χ0) is 19.3. The van der Waals surface area contributed by atoms with Crippen molar-refractivity contribution in [2.75, 3.05) is 6.61 Å². The molecular formula is C19H29NO4V. The van der Waals surface area contributed by atoms with Crippen molar-refractivity contribution in [2.24, 2.45) is 21.7 Å². The summed E-state index contributed by atoms with van der Waals surface area (Å²) in [4.78, 5) is 4.62. The first kappa shape index (κ1) is 22.0. The fourth-order valence-electron chi connectivity index (χ4n) is 4.23. The molecule has 2 bridgehead atoms. The molecule has 2 aliphatic rings. The van der Waals surface area contributed by atoms with E-state index in [1.807, 2.05) is 12.1 Å². The van der Waals surface area contributed by atoms with Gasteiger partial charge < -0.3 is 15.3 Å². The zero-order valence-corrected chi connectivity index (χ0v) is 16.8. The third-order valence-corrected chi connectivity index (χ3v) is 6.08. The molecule has 2 fully saturated rings. The molecule has 6 heteroatoms. The van der Waals surface area contributed by atoms with Gasteiger partial charge in [-0.25, -0.2) is 0 Å². The predicted octanol–water partition coefficient (Wildman–Crippen LogP) is 2.87. The predicted molar refractivity (Wildman–Crippen MR) is 93.6 cm³/mol. The Morgan fingerprint density at radius 1 is 1.28 bits per heavy atom. The van der Waals surface area contributed by atoms with Gasteiger partial charge in [-0.05, 0) is 43.2 Å². The Kier molecular flexibility index (Phi) is 8.01. The second-order valence-corrected chi connectivity index (χ2v) is 7.37. The number of benzene rings is 1. The number of rotatable bonds is 2. The van der Waals surface area contributed by atoms with Gasteiger partial charge in [0, 0.05) is 23.8 Å². The molecule has 139 valence electrons. The molecule has 2 saturated carbocycles. The van der Waals surface area contributed by atoms with Gasteiger partial charge in [0.15, 0.2) is 0 Å². The van der Waals surface area contributed by atoms with E-state index in [4.69, 9.17) is 8.78 Å². The van der Waals surface area contributed by atoms with Crippen LogP contribution >= 0.6 is 0 Å². The van der Waals surface area contributed by atoms with Crippen molar-refractivity contribution in [3.8, 4) is 5.75 Å². The normalized spacial score (nSPS) is 31.8. The zero-order valence-electron chi connectivity index (χ0n) is 15.4. The van der Waals surface area contributed by atoms with Crippen LogP contribution in [0.1, 0.15) is 46.1 Å². The van der Waals surface area contributed by atoms with Crippen LogP contribution < -0.4 is 0 Å². The third kappa shape index (κ3) is 4.05. The molecule has 0 heterocycles. The van der Waals surface area contributed by atoms with E-state index in [-0.39, 0.29) is 29.2 Å². The van der Waals surface area contributed by atoms with Crippen molar-refractivity contribution in [3.05, 3.63) is 29.8 Å². The molecule has 0 radical (unpaired) electrons. The molecule has 0 amide bonds. The van der Waals surface area contributed by atoms with Crippen molar-refractivity contribution >= 4 is 6.21 Å². The summed E-state index contributed by atoms with van der Waals surface area (Å²) >= 11 is 1.06. The van der Waals surface area contributed by atoms with Crippen LogP contribution in [-0.4, -0.2) is 40.3 Å². The molecule has 0 unspecified atom stereocenters. The van der Waals surface area contributed by atoms with E-state index in [2.05, 4.69) is 25.8 Å². The van der Waals surface area contributed by atoms with Crippen molar-refractivity contribution in [1.82, 2.24) is 0 Å². The van der Waals surface area contributed by atoms with Crippen LogP contribution in [0.4, 0.5) is 0 Å².